The molecule has 1 N–H and O–H groups in total. The first kappa shape index (κ1) is 17.2. The van der Waals surface area contributed by atoms with Gasteiger partial charge < -0.3 is 15.0 Å². The van der Waals surface area contributed by atoms with Crippen molar-refractivity contribution in [2.24, 2.45) is 5.92 Å². The number of nitrogens with zero attached hydrogens (tertiary/aromatic N) is 1. The van der Waals surface area contributed by atoms with Gasteiger partial charge in [0.1, 0.15) is 6.29 Å². The van der Waals surface area contributed by atoms with E-state index in [0.717, 1.165) is 6.29 Å². The lowest BCUT2D eigenvalue weighted by Crippen LogP contribution is -2.47. The van der Waals surface area contributed by atoms with Crippen LogP contribution >= 0.6 is 0 Å². The van der Waals surface area contributed by atoms with Crippen LogP contribution in [0.3, 0.4) is 0 Å². The van der Waals surface area contributed by atoms with Gasteiger partial charge >= 0.3 is 11.8 Å². The van der Waals surface area contributed by atoms with E-state index in [1.165, 1.54) is 21.6 Å². The summed E-state index contributed by atoms with van der Waals surface area (Å²) in [5, 5.41) is 2.70. The highest BCUT2D eigenvalue weighted by Crippen LogP contribution is 2.15. The molecule has 5 heteroatoms. The van der Waals surface area contributed by atoms with Gasteiger partial charge in [-0.05, 0) is 44.2 Å². The number of carbonyl (C=O) groups excluding carboxylic acids is 3. The summed E-state index contributed by atoms with van der Waals surface area (Å²) < 4.78 is 0. The molecule has 0 aliphatic carbocycles. The van der Waals surface area contributed by atoms with Crippen LogP contribution < -0.4 is 5.32 Å². The monoisotopic (exact) mass is 316 g/mol. The van der Waals surface area contributed by atoms with Crippen LogP contribution in [0.15, 0.2) is 18.2 Å². The minimum Gasteiger partial charge on any atom is -0.347 e. The minimum atomic E-state index is -0.556. The van der Waals surface area contributed by atoms with Crippen LogP contribution in [-0.2, 0) is 20.8 Å². The number of hydrogen-bond donors (Lipinski definition) is 1. The van der Waals surface area contributed by atoms with Crippen molar-refractivity contribution in [2.45, 2.75) is 33.1 Å². The standard InChI is InChI=1S/C18H24N2O3/c1-13-3-4-14(2)16(11-13)5-8-19-17(22)18(23)20-9-6-15(12-21)7-10-20/h3-4,11-12,15H,5-10H2,1-2H3,(H,19,22). The second-order valence-electron chi connectivity index (χ2n) is 6.20. The van der Waals surface area contributed by atoms with E-state index >= 15 is 0 Å². The Labute approximate surface area is 137 Å². The number of nitrogens with one attached hydrogen (secondary N) is 1. The third-order valence-electron chi connectivity index (χ3n) is 4.40. The molecule has 0 unspecified atom stereocenters. The number of rotatable bonds is 4. The summed E-state index contributed by atoms with van der Waals surface area (Å²) in [5.74, 6) is -1.03. The molecule has 0 aromatic heterocycles. The van der Waals surface area contributed by atoms with E-state index in [0.29, 0.717) is 38.9 Å². The van der Waals surface area contributed by atoms with Gasteiger partial charge in [0.05, 0.1) is 0 Å². The van der Waals surface area contributed by atoms with Crippen LogP contribution in [0.25, 0.3) is 0 Å². The van der Waals surface area contributed by atoms with Gasteiger partial charge in [-0.15, -0.1) is 0 Å². The molecule has 1 aliphatic rings. The average Bonchev–Trinajstić information content (AvgIpc) is 2.57. The first-order chi connectivity index (χ1) is 11.0. The zero-order valence-corrected chi connectivity index (χ0v) is 13.8. The van der Waals surface area contributed by atoms with E-state index in [1.807, 2.05) is 13.8 Å². The van der Waals surface area contributed by atoms with E-state index in [-0.39, 0.29) is 5.92 Å². The maximum Gasteiger partial charge on any atom is 0.311 e. The van der Waals surface area contributed by atoms with Crippen molar-refractivity contribution >= 4 is 18.1 Å². The molecule has 23 heavy (non-hydrogen) atoms. The van der Waals surface area contributed by atoms with Gasteiger partial charge in [-0.2, -0.15) is 0 Å². The molecule has 2 amide bonds. The van der Waals surface area contributed by atoms with Crippen molar-refractivity contribution in [1.82, 2.24) is 10.2 Å². The molecule has 1 aromatic rings. The van der Waals surface area contributed by atoms with Crippen molar-refractivity contribution in [3.8, 4) is 0 Å². The van der Waals surface area contributed by atoms with Crippen molar-refractivity contribution in [2.75, 3.05) is 19.6 Å². The fourth-order valence-corrected chi connectivity index (χ4v) is 2.84. The fraction of sp³-hybridized carbons (Fsp3) is 0.500. The second-order valence-corrected chi connectivity index (χ2v) is 6.20. The van der Waals surface area contributed by atoms with Crippen LogP contribution in [0.1, 0.15) is 29.5 Å². The second kappa shape index (κ2) is 7.90. The minimum absolute atomic E-state index is 0.0198. The predicted molar refractivity (Wildman–Crippen MR) is 88.0 cm³/mol. The fourth-order valence-electron chi connectivity index (χ4n) is 2.84. The lowest BCUT2D eigenvalue weighted by Gasteiger charge is -2.29. The third kappa shape index (κ3) is 4.65. The van der Waals surface area contributed by atoms with Crippen LogP contribution in [-0.4, -0.2) is 42.6 Å². The Morgan fingerprint density at radius 3 is 2.61 bits per heavy atom. The maximum atomic E-state index is 12.1. The first-order valence-corrected chi connectivity index (χ1v) is 8.09. The molecule has 0 radical (unpaired) electrons. The number of carbonyl (C=O) groups is 3. The summed E-state index contributed by atoms with van der Waals surface area (Å²) in [6, 6.07) is 6.23. The largest absolute Gasteiger partial charge is 0.347 e. The Morgan fingerprint density at radius 1 is 1.26 bits per heavy atom. The van der Waals surface area contributed by atoms with E-state index < -0.39 is 11.8 Å². The third-order valence-corrected chi connectivity index (χ3v) is 4.40. The van der Waals surface area contributed by atoms with Crippen molar-refractivity contribution in [1.29, 1.82) is 0 Å². The van der Waals surface area contributed by atoms with Gasteiger partial charge in [0, 0.05) is 25.6 Å². The summed E-state index contributed by atoms with van der Waals surface area (Å²) in [5.41, 5.74) is 3.56. The van der Waals surface area contributed by atoms with Crippen molar-refractivity contribution in [3.05, 3.63) is 34.9 Å². The normalized spacial score (nSPS) is 15.3. The lowest BCUT2D eigenvalue weighted by molar-refractivity contribution is -0.146. The Kier molecular flexibility index (Phi) is 5.90. The first-order valence-electron chi connectivity index (χ1n) is 8.09. The predicted octanol–water partition coefficient (Wildman–Crippen LogP) is 1.40. The van der Waals surface area contributed by atoms with Gasteiger partial charge in [-0.1, -0.05) is 23.8 Å². The molecule has 1 aliphatic heterocycles. The molecule has 0 atom stereocenters. The molecular formula is C18H24N2O3. The quantitative estimate of drug-likeness (QED) is 0.674. The van der Waals surface area contributed by atoms with E-state index in [1.54, 1.807) is 0 Å². The van der Waals surface area contributed by atoms with Gasteiger partial charge in [0.15, 0.2) is 0 Å². The molecule has 0 saturated carbocycles. The number of hydrogen-bond acceptors (Lipinski definition) is 3. The zero-order chi connectivity index (χ0) is 16.8. The number of aldehydes is 1. The molecule has 124 valence electrons. The number of piperidine rings is 1. The van der Waals surface area contributed by atoms with E-state index in [9.17, 15) is 14.4 Å². The highest BCUT2D eigenvalue weighted by Gasteiger charge is 2.26. The molecule has 0 spiro atoms. The number of amides is 2. The van der Waals surface area contributed by atoms with Gasteiger partial charge in [-0.25, -0.2) is 0 Å². The number of aryl methyl sites for hydroxylation is 2. The summed E-state index contributed by atoms with van der Waals surface area (Å²) >= 11 is 0. The highest BCUT2D eigenvalue weighted by molar-refractivity contribution is 6.35. The van der Waals surface area contributed by atoms with Gasteiger partial charge in [-0.3, -0.25) is 9.59 Å². The number of likely N-dealkylation sites (tertiary alicyclic amines) is 1. The highest BCUT2D eigenvalue weighted by atomic mass is 16.2. The summed E-state index contributed by atoms with van der Waals surface area (Å²) in [6.07, 6.45) is 2.93. The summed E-state index contributed by atoms with van der Waals surface area (Å²) in [4.78, 5) is 36.3. The molecule has 2 rings (SSSR count). The molecule has 0 bridgehead atoms. The van der Waals surface area contributed by atoms with Crippen LogP contribution in [0, 0.1) is 19.8 Å². The zero-order valence-electron chi connectivity index (χ0n) is 13.8. The lowest BCUT2D eigenvalue weighted by atomic mass is 9.98. The summed E-state index contributed by atoms with van der Waals surface area (Å²) in [6.45, 7) is 5.48. The molecule has 1 saturated heterocycles. The van der Waals surface area contributed by atoms with Gasteiger partial charge in [0.25, 0.3) is 0 Å². The van der Waals surface area contributed by atoms with Crippen molar-refractivity contribution < 1.29 is 14.4 Å². The van der Waals surface area contributed by atoms with Crippen LogP contribution in [0.4, 0.5) is 0 Å². The van der Waals surface area contributed by atoms with Crippen LogP contribution in [0.2, 0.25) is 0 Å². The molecule has 1 fully saturated rings. The van der Waals surface area contributed by atoms with Crippen LogP contribution in [0.5, 0.6) is 0 Å². The average molecular weight is 316 g/mol. The smallest absolute Gasteiger partial charge is 0.311 e. The SMILES string of the molecule is Cc1ccc(C)c(CCNC(=O)C(=O)N2CCC(C=O)CC2)c1. The topological polar surface area (TPSA) is 66.5 Å². The van der Waals surface area contributed by atoms with E-state index in [4.69, 9.17) is 0 Å². The van der Waals surface area contributed by atoms with E-state index in [2.05, 4.69) is 23.5 Å². The molecule has 5 nitrogen and oxygen atoms in total. The van der Waals surface area contributed by atoms with Crippen molar-refractivity contribution in [3.63, 3.8) is 0 Å². The Bertz CT molecular complexity index is 590. The molecule has 1 aromatic carbocycles. The maximum absolute atomic E-state index is 12.1. The Hall–Kier alpha value is -2.17. The Balaban J connectivity index is 1.79. The summed E-state index contributed by atoms with van der Waals surface area (Å²) in [7, 11) is 0. The molecular weight excluding hydrogens is 292 g/mol. The Morgan fingerprint density at radius 2 is 1.96 bits per heavy atom. The number of benzene rings is 1. The molecule has 1 heterocycles. The van der Waals surface area contributed by atoms with Gasteiger partial charge in [0.2, 0.25) is 0 Å².